The number of carbonyl (C=O) groups excluding carboxylic acids is 1. The SMILES string of the molecule is COC(=O)c1ccnc(Nc2ccc(F)cc2Cl)c1. The van der Waals surface area contributed by atoms with Crippen LogP contribution in [0.15, 0.2) is 36.5 Å². The quantitative estimate of drug-likeness (QED) is 0.876. The van der Waals surface area contributed by atoms with Gasteiger partial charge in [0.15, 0.2) is 0 Å². The third-order valence-electron chi connectivity index (χ3n) is 2.37. The van der Waals surface area contributed by atoms with E-state index in [0.29, 0.717) is 17.1 Å². The molecule has 2 rings (SSSR count). The van der Waals surface area contributed by atoms with Gasteiger partial charge in [0, 0.05) is 6.20 Å². The van der Waals surface area contributed by atoms with Crippen molar-refractivity contribution in [2.45, 2.75) is 0 Å². The van der Waals surface area contributed by atoms with Gasteiger partial charge in [-0.3, -0.25) is 0 Å². The van der Waals surface area contributed by atoms with Gasteiger partial charge in [-0.25, -0.2) is 14.2 Å². The van der Waals surface area contributed by atoms with Gasteiger partial charge in [0.05, 0.1) is 23.4 Å². The molecule has 0 unspecified atom stereocenters. The van der Waals surface area contributed by atoms with Crippen LogP contribution in [0.1, 0.15) is 10.4 Å². The number of aromatic nitrogens is 1. The lowest BCUT2D eigenvalue weighted by Crippen LogP contribution is -2.03. The topological polar surface area (TPSA) is 51.2 Å². The molecular weight excluding hydrogens is 271 g/mol. The number of nitrogens with one attached hydrogen (secondary N) is 1. The summed E-state index contributed by atoms with van der Waals surface area (Å²) in [5.41, 5.74) is 0.857. The molecule has 0 amide bonds. The molecule has 0 spiro atoms. The number of benzene rings is 1. The Balaban J connectivity index is 2.26. The second kappa shape index (κ2) is 5.67. The Morgan fingerprint density at radius 1 is 1.37 bits per heavy atom. The molecule has 0 saturated carbocycles. The summed E-state index contributed by atoms with van der Waals surface area (Å²) >= 11 is 5.89. The van der Waals surface area contributed by atoms with Crippen LogP contribution < -0.4 is 5.32 Å². The fraction of sp³-hybridized carbons (Fsp3) is 0.0769. The van der Waals surface area contributed by atoms with Gasteiger partial charge in [-0.1, -0.05) is 11.6 Å². The Kier molecular flexibility index (Phi) is 3.97. The third-order valence-corrected chi connectivity index (χ3v) is 2.69. The fourth-order valence-electron chi connectivity index (χ4n) is 1.47. The summed E-state index contributed by atoms with van der Waals surface area (Å²) in [6.07, 6.45) is 1.46. The molecule has 0 aliphatic rings. The summed E-state index contributed by atoms with van der Waals surface area (Å²) in [5, 5.41) is 3.13. The van der Waals surface area contributed by atoms with Gasteiger partial charge in [0.25, 0.3) is 0 Å². The van der Waals surface area contributed by atoms with Crippen LogP contribution in [-0.4, -0.2) is 18.1 Å². The standard InChI is InChI=1S/C13H10ClFN2O2/c1-19-13(18)8-4-5-16-12(6-8)17-11-3-2-9(15)7-10(11)14/h2-7H,1H3,(H,16,17). The van der Waals surface area contributed by atoms with E-state index in [1.165, 1.54) is 43.6 Å². The summed E-state index contributed by atoms with van der Waals surface area (Å²) in [7, 11) is 1.30. The minimum absolute atomic E-state index is 0.227. The maximum Gasteiger partial charge on any atom is 0.338 e. The van der Waals surface area contributed by atoms with E-state index in [1.54, 1.807) is 0 Å². The highest BCUT2D eigenvalue weighted by atomic mass is 35.5. The Labute approximate surface area is 114 Å². The Morgan fingerprint density at radius 2 is 2.16 bits per heavy atom. The molecule has 0 fully saturated rings. The average Bonchev–Trinajstić information content (AvgIpc) is 2.41. The van der Waals surface area contributed by atoms with Gasteiger partial charge in [-0.05, 0) is 30.3 Å². The predicted octanol–water partition coefficient (Wildman–Crippen LogP) is 3.40. The number of carbonyl (C=O) groups is 1. The first-order valence-corrected chi connectivity index (χ1v) is 5.74. The molecule has 0 saturated heterocycles. The lowest BCUT2D eigenvalue weighted by Gasteiger charge is -2.08. The van der Waals surface area contributed by atoms with Crippen molar-refractivity contribution >= 4 is 29.1 Å². The van der Waals surface area contributed by atoms with Crippen molar-refractivity contribution in [3.8, 4) is 0 Å². The normalized spacial score (nSPS) is 10.1. The zero-order chi connectivity index (χ0) is 13.8. The number of pyridine rings is 1. The van der Waals surface area contributed by atoms with Gasteiger partial charge < -0.3 is 10.1 Å². The molecule has 98 valence electrons. The minimum atomic E-state index is -0.462. The number of anilines is 2. The molecule has 1 N–H and O–H groups in total. The summed E-state index contributed by atoms with van der Waals surface area (Å²) in [4.78, 5) is 15.4. The summed E-state index contributed by atoms with van der Waals surface area (Å²) in [6, 6.07) is 7.01. The van der Waals surface area contributed by atoms with Gasteiger partial charge in [0.2, 0.25) is 0 Å². The second-order valence-corrected chi connectivity index (χ2v) is 4.08. The van der Waals surface area contributed by atoms with Crippen LogP contribution in [0.3, 0.4) is 0 Å². The molecule has 2 aromatic rings. The van der Waals surface area contributed by atoms with E-state index in [-0.39, 0.29) is 5.02 Å². The van der Waals surface area contributed by atoms with E-state index >= 15 is 0 Å². The molecule has 4 nitrogen and oxygen atoms in total. The molecule has 1 aromatic heterocycles. The van der Waals surface area contributed by atoms with Crippen LogP contribution in [0.5, 0.6) is 0 Å². The van der Waals surface area contributed by atoms with Crippen molar-refractivity contribution in [1.82, 2.24) is 4.98 Å². The predicted molar refractivity (Wildman–Crippen MR) is 70.3 cm³/mol. The molecular formula is C13H10ClFN2O2. The molecule has 1 aromatic carbocycles. The van der Waals surface area contributed by atoms with E-state index in [1.807, 2.05) is 0 Å². The van der Waals surface area contributed by atoms with Crippen molar-refractivity contribution in [1.29, 1.82) is 0 Å². The smallest absolute Gasteiger partial charge is 0.338 e. The minimum Gasteiger partial charge on any atom is -0.465 e. The monoisotopic (exact) mass is 280 g/mol. The van der Waals surface area contributed by atoms with Crippen LogP contribution in [-0.2, 0) is 4.74 Å². The number of ether oxygens (including phenoxy) is 1. The number of methoxy groups -OCH3 is 1. The van der Waals surface area contributed by atoms with Gasteiger partial charge >= 0.3 is 5.97 Å². The van der Waals surface area contributed by atoms with Crippen LogP contribution >= 0.6 is 11.6 Å². The van der Waals surface area contributed by atoms with Gasteiger partial charge in [-0.2, -0.15) is 0 Å². The fourth-order valence-corrected chi connectivity index (χ4v) is 1.69. The Hall–Kier alpha value is -2.14. The van der Waals surface area contributed by atoms with Crippen molar-refractivity contribution in [2.75, 3.05) is 12.4 Å². The van der Waals surface area contributed by atoms with Gasteiger partial charge in [-0.15, -0.1) is 0 Å². The lowest BCUT2D eigenvalue weighted by molar-refractivity contribution is 0.0600. The highest BCUT2D eigenvalue weighted by molar-refractivity contribution is 6.33. The molecule has 0 bridgehead atoms. The number of hydrogen-bond donors (Lipinski definition) is 1. The van der Waals surface area contributed by atoms with Crippen LogP contribution in [0, 0.1) is 5.82 Å². The first-order chi connectivity index (χ1) is 9.10. The average molecular weight is 281 g/mol. The zero-order valence-electron chi connectivity index (χ0n) is 9.98. The second-order valence-electron chi connectivity index (χ2n) is 3.67. The molecule has 0 radical (unpaired) electrons. The third kappa shape index (κ3) is 3.20. The van der Waals surface area contributed by atoms with E-state index in [2.05, 4.69) is 15.0 Å². The zero-order valence-corrected chi connectivity index (χ0v) is 10.7. The largest absolute Gasteiger partial charge is 0.465 e. The van der Waals surface area contributed by atoms with Crippen molar-refractivity contribution in [3.05, 3.63) is 52.9 Å². The van der Waals surface area contributed by atoms with Crippen LogP contribution in [0.25, 0.3) is 0 Å². The first-order valence-electron chi connectivity index (χ1n) is 5.36. The summed E-state index contributed by atoms with van der Waals surface area (Å²) in [5.74, 6) is -0.473. The van der Waals surface area contributed by atoms with E-state index in [0.717, 1.165) is 0 Å². The number of hydrogen-bond acceptors (Lipinski definition) is 4. The van der Waals surface area contributed by atoms with Gasteiger partial charge in [0.1, 0.15) is 11.6 Å². The molecule has 0 atom stereocenters. The molecule has 0 aliphatic carbocycles. The maximum atomic E-state index is 12.9. The lowest BCUT2D eigenvalue weighted by atomic mass is 10.2. The van der Waals surface area contributed by atoms with Crippen LogP contribution in [0.4, 0.5) is 15.9 Å². The maximum absolute atomic E-state index is 12.9. The molecule has 1 heterocycles. The summed E-state index contributed by atoms with van der Waals surface area (Å²) in [6.45, 7) is 0. The molecule has 6 heteroatoms. The van der Waals surface area contributed by atoms with Crippen molar-refractivity contribution < 1.29 is 13.9 Å². The van der Waals surface area contributed by atoms with Crippen molar-refractivity contribution in [3.63, 3.8) is 0 Å². The molecule has 19 heavy (non-hydrogen) atoms. The number of esters is 1. The van der Waals surface area contributed by atoms with E-state index < -0.39 is 11.8 Å². The number of nitrogens with zero attached hydrogens (tertiary/aromatic N) is 1. The molecule has 0 aliphatic heterocycles. The Morgan fingerprint density at radius 3 is 2.84 bits per heavy atom. The highest BCUT2D eigenvalue weighted by Gasteiger charge is 2.08. The highest BCUT2D eigenvalue weighted by Crippen LogP contribution is 2.25. The number of rotatable bonds is 3. The Bertz CT molecular complexity index is 619. The first kappa shape index (κ1) is 13.3. The van der Waals surface area contributed by atoms with E-state index in [4.69, 9.17) is 11.6 Å². The van der Waals surface area contributed by atoms with Crippen LogP contribution in [0.2, 0.25) is 5.02 Å². The number of halogens is 2. The summed E-state index contributed by atoms with van der Waals surface area (Å²) < 4.78 is 17.5. The van der Waals surface area contributed by atoms with Crippen molar-refractivity contribution in [2.24, 2.45) is 0 Å². The van der Waals surface area contributed by atoms with E-state index in [9.17, 15) is 9.18 Å².